The number of fused-ring (bicyclic) bond motifs is 2. The average Bonchev–Trinajstić information content (AvgIpc) is 2.41. The van der Waals surface area contributed by atoms with Crippen LogP contribution in [0.25, 0.3) is 0 Å². The van der Waals surface area contributed by atoms with Crippen LogP contribution < -0.4 is 9.47 Å². The third-order valence-corrected chi connectivity index (χ3v) is 4.22. The first-order chi connectivity index (χ1) is 8.59. The Morgan fingerprint density at radius 1 is 0.611 bits per heavy atom. The van der Waals surface area contributed by atoms with Gasteiger partial charge in [-0.1, -0.05) is 58.5 Å². The zero-order valence-corrected chi connectivity index (χ0v) is 11.7. The molecule has 0 amide bonds. The smallest absolute Gasteiger partial charge is 0.191 e. The second-order valence-corrected chi connectivity index (χ2v) is 5.08. The van der Waals surface area contributed by atoms with Crippen LogP contribution in [0.15, 0.2) is 24.3 Å². The number of hydrogen-bond acceptors (Lipinski definition) is 2. The summed E-state index contributed by atoms with van der Waals surface area (Å²) in [5, 5.41) is 0.640. The van der Waals surface area contributed by atoms with Crippen LogP contribution in [0, 0.1) is 0 Å². The molecule has 6 heteroatoms. The van der Waals surface area contributed by atoms with Crippen LogP contribution in [0.4, 0.5) is 0 Å². The van der Waals surface area contributed by atoms with Gasteiger partial charge in [-0.3, -0.25) is 0 Å². The monoisotopic (exact) mass is 326 g/mol. The summed E-state index contributed by atoms with van der Waals surface area (Å²) in [6.45, 7) is 0. The zero-order chi connectivity index (χ0) is 12.9. The quantitative estimate of drug-likeness (QED) is 0.361. The van der Waals surface area contributed by atoms with Gasteiger partial charge in [0.15, 0.2) is 23.0 Å². The molecule has 0 N–H and O–H groups in total. The highest BCUT2D eigenvalue weighted by molar-refractivity contribution is 6.53. The standard InChI is InChI=1S/C12H4Cl4O2/c13-7-8(14)10(16)12-11(9(7)15)17-5-3-1-2-4-6(5)18-12/h1-4H/i7+1,8+1,9+1,10+1,11+1,12+1. The molecule has 2 aromatic carbocycles. The fourth-order valence-corrected chi connectivity index (χ4v) is 2.51. The molecule has 0 aliphatic carbocycles. The predicted octanol–water partition coefficient (Wildman–Crippen LogP) is 6.20. The molecule has 2 aromatic rings. The molecule has 3 rings (SSSR count). The Labute approximate surface area is 123 Å². The molecule has 0 radical (unpaired) electrons. The molecule has 2 nitrogen and oxygen atoms in total. The summed E-state index contributed by atoms with van der Waals surface area (Å²) in [5.41, 5.74) is 0. The van der Waals surface area contributed by atoms with Crippen molar-refractivity contribution in [2.45, 2.75) is 0 Å². The molecule has 92 valence electrons. The minimum atomic E-state index is 0.144. The summed E-state index contributed by atoms with van der Waals surface area (Å²) < 4.78 is 11.3. The normalized spacial score (nSPS) is 12.2. The highest BCUT2D eigenvalue weighted by atomic mass is 35.5. The van der Waals surface area contributed by atoms with E-state index in [0.29, 0.717) is 11.5 Å². The van der Waals surface area contributed by atoms with Crippen molar-refractivity contribution in [2.75, 3.05) is 0 Å². The summed E-state index contributed by atoms with van der Waals surface area (Å²) in [5.74, 6) is 1.63. The van der Waals surface area contributed by atoms with E-state index in [1.807, 2.05) is 12.1 Å². The van der Waals surface area contributed by atoms with Crippen LogP contribution in [0.1, 0.15) is 0 Å². The van der Waals surface area contributed by atoms with Gasteiger partial charge in [-0.2, -0.15) is 0 Å². The van der Waals surface area contributed by atoms with Gasteiger partial charge in [0, 0.05) is 0 Å². The number of halogens is 4. The Morgan fingerprint density at radius 2 is 1.00 bits per heavy atom. The highest BCUT2D eigenvalue weighted by Crippen LogP contribution is 2.56. The molecule has 1 aliphatic rings. The second kappa shape index (κ2) is 4.39. The highest BCUT2D eigenvalue weighted by Gasteiger charge is 2.28. The molecular weight excluding hydrogens is 324 g/mol. The Bertz CT molecular complexity index is 599. The van der Waals surface area contributed by atoms with Crippen LogP contribution in [0.3, 0.4) is 0 Å². The van der Waals surface area contributed by atoms with Crippen LogP contribution in [-0.4, -0.2) is 0 Å². The van der Waals surface area contributed by atoms with E-state index in [4.69, 9.17) is 55.9 Å². The van der Waals surface area contributed by atoms with Crippen LogP contribution in [-0.2, 0) is 0 Å². The minimum absolute atomic E-state index is 0.144. The number of rotatable bonds is 0. The molecular formula is C12H4Cl4O2. The van der Waals surface area contributed by atoms with Crippen molar-refractivity contribution >= 4 is 46.4 Å². The lowest BCUT2D eigenvalue weighted by molar-refractivity contribution is 0.360. The largest absolute Gasteiger partial charge is 0.448 e. The van der Waals surface area contributed by atoms with E-state index in [0.717, 1.165) is 0 Å². The molecule has 1 heterocycles. The number of para-hydroxylation sites is 2. The van der Waals surface area contributed by atoms with Gasteiger partial charge in [0.1, 0.15) is 10.0 Å². The first kappa shape index (κ1) is 12.2. The Kier molecular flexibility index (Phi) is 2.99. The molecule has 18 heavy (non-hydrogen) atoms. The maximum Gasteiger partial charge on any atom is 0.191 e. The summed E-state index contributed by atoms with van der Waals surface area (Å²) in [7, 11) is 0. The molecule has 0 spiro atoms. The first-order valence-electron chi connectivity index (χ1n) is 4.90. The van der Waals surface area contributed by atoms with Gasteiger partial charge in [0.2, 0.25) is 0 Å². The fourth-order valence-electron chi connectivity index (χ4n) is 1.61. The van der Waals surface area contributed by atoms with Crippen molar-refractivity contribution in [1.82, 2.24) is 0 Å². The van der Waals surface area contributed by atoms with Gasteiger partial charge in [0.05, 0.1) is 10.0 Å². The lowest BCUT2D eigenvalue weighted by atomic mass is 10.3. The molecule has 0 bridgehead atoms. The maximum absolute atomic E-state index is 6.07. The van der Waals surface area contributed by atoms with E-state index in [1.54, 1.807) is 12.1 Å². The second-order valence-electron chi connectivity index (χ2n) is 3.57. The van der Waals surface area contributed by atoms with Gasteiger partial charge in [0.25, 0.3) is 0 Å². The Balaban J connectivity index is 2.25. The topological polar surface area (TPSA) is 18.5 Å². The third kappa shape index (κ3) is 1.72. The van der Waals surface area contributed by atoms with E-state index < -0.39 is 0 Å². The van der Waals surface area contributed by atoms with Crippen molar-refractivity contribution in [3.05, 3.63) is 44.4 Å². The zero-order valence-electron chi connectivity index (χ0n) is 8.64. The van der Waals surface area contributed by atoms with Crippen molar-refractivity contribution in [2.24, 2.45) is 0 Å². The summed E-state index contributed by atoms with van der Waals surface area (Å²) in [4.78, 5) is 0. The van der Waals surface area contributed by atoms with Crippen LogP contribution >= 0.6 is 46.4 Å². The van der Waals surface area contributed by atoms with Crippen molar-refractivity contribution in [1.29, 1.82) is 0 Å². The van der Waals surface area contributed by atoms with E-state index in [2.05, 4.69) is 0 Å². The molecule has 0 aromatic heterocycles. The van der Waals surface area contributed by atoms with E-state index >= 15 is 0 Å². The molecule has 0 atom stereocenters. The van der Waals surface area contributed by atoms with Crippen LogP contribution in [0.5, 0.6) is 23.0 Å². The number of hydrogen-bond donors (Lipinski definition) is 0. The molecule has 0 saturated carbocycles. The molecule has 0 unspecified atom stereocenters. The summed E-state index contributed by atoms with van der Waals surface area (Å²) >= 11 is 24.1. The summed E-state index contributed by atoms with van der Waals surface area (Å²) in [6, 6.07) is 7.15. The first-order valence-corrected chi connectivity index (χ1v) is 6.41. The van der Waals surface area contributed by atoms with Gasteiger partial charge < -0.3 is 9.47 Å². The minimum Gasteiger partial charge on any atom is -0.448 e. The summed E-state index contributed by atoms with van der Waals surface area (Å²) in [6.07, 6.45) is 0. The number of ether oxygens (including phenoxy) is 2. The van der Waals surface area contributed by atoms with Crippen molar-refractivity contribution in [3.63, 3.8) is 0 Å². The van der Waals surface area contributed by atoms with Crippen molar-refractivity contribution < 1.29 is 9.47 Å². The van der Waals surface area contributed by atoms with E-state index in [-0.39, 0.29) is 31.6 Å². The molecule has 0 fully saturated rings. The van der Waals surface area contributed by atoms with Crippen molar-refractivity contribution in [3.8, 4) is 23.0 Å². The SMILES string of the molecule is Cl[13c]1[13c](Cl)[13c](Cl)[13c]2[13c]([13c]1Cl)Oc1ccccc1O2. The van der Waals surface area contributed by atoms with Gasteiger partial charge >= 0.3 is 0 Å². The van der Waals surface area contributed by atoms with E-state index in [1.165, 1.54) is 0 Å². The molecule has 0 saturated heterocycles. The fraction of sp³-hybridized carbons (Fsp3) is 0. The van der Waals surface area contributed by atoms with Crippen LogP contribution in [0.2, 0.25) is 20.1 Å². The van der Waals surface area contributed by atoms with E-state index in [9.17, 15) is 0 Å². The molecule has 1 aliphatic heterocycles. The predicted molar refractivity (Wildman–Crippen MR) is 73.1 cm³/mol. The average molecular weight is 328 g/mol. The Hall–Kier alpha value is -0.800. The lowest BCUT2D eigenvalue weighted by Gasteiger charge is -2.23. The van der Waals surface area contributed by atoms with Gasteiger partial charge in [-0.25, -0.2) is 0 Å². The number of benzene rings is 2. The maximum atomic E-state index is 6.07. The Morgan fingerprint density at radius 3 is 1.39 bits per heavy atom. The van der Waals surface area contributed by atoms with Gasteiger partial charge in [-0.15, -0.1) is 0 Å². The van der Waals surface area contributed by atoms with Gasteiger partial charge in [-0.05, 0) is 12.1 Å². The third-order valence-electron chi connectivity index (χ3n) is 2.46. The lowest BCUT2D eigenvalue weighted by Crippen LogP contribution is -2.00.